The fourth-order valence-corrected chi connectivity index (χ4v) is 4.88. The van der Waals surface area contributed by atoms with Gasteiger partial charge in [0.2, 0.25) is 0 Å². The van der Waals surface area contributed by atoms with Gasteiger partial charge in [0.15, 0.2) is 17.2 Å². The van der Waals surface area contributed by atoms with Crippen molar-refractivity contribution < 1.29 is 19.1 Å². The number of likely N-dealkylation sites (tertiary alicyclic amines) is 1. The first-order chi connectivity index (χ1) is 18.0. The molecule has 3 heterocycles. The van der Waals surface area contributed by atoms with Crippen LogP contribution in [0, 0.1) is 0 Å². The van der Waals surface area contributed by atoms with E-state index in [9.17, 15) is 9.59 Å². The highest BCUT2D eigenvalue weighted by molar-refractivity contribution is 5.86. The van der Waals surface area contributed by atoms with Crippen LogP contribution in [0.1, 0.15) is 25.3 Å². The van der Waals surface area contributed by atoms with Crippen molar-refractivity contribution in [1.82, 2.24) is 19.8 Å². The van der Waals surface area contributed by atoms with E-state index in [0.717, 1.165) is 61.4 Å². The number of ether oxygens (including phenoxy) is 2. The van der Waals surface area contributed by atoms with E-state index in [1.54, 1.807) is 29.8 Å². The second-order valence-electron chi connectivity index (χ2n) is 9.59. The standard InChI is InChI=1S/C28H34N4O5.ClH/c1-20(33)30(2)37-25-5-3-4-24-23(25)7-9-28(34)32(24)15-14-31-12-10-22(11-13-31)29-19-21-6-8-26-27(18-21)36-17-16-35-26;/h3-9,18,22,29H,10-17,19H2,1-2H3;1H. The molecule has 0 atom stereocenters. The SMILES string of the molecule is CC(=O)N(C)Oc1cccc2c1ccc(=O)n2CCN1CCC(NCc2ccc3c(c2)OCCO3)CC1.Cl. The average molecular weight is 543 g/mol. The summed E-state index contributed by atoms with van der Waals surface area (Å²) in [7, 11) is 1.58. The fraction of sp³-hybridized carbons (Fsp3) is 0.429. The number of hydroxylamine groups is 2. The zero-order valence-corrected chi connectivity index (χ0v) is 22.7. The van der Waals surface area contributed by atoms with Gasteiger partial charge in [0.1, 0.15) is 13.2 Å². The van der Waals surface area contributed by atoms with Gasteiger partial charge in [-0.15, -0.1) is 12.4 Å². The molecular weight excluding hydrogens is 508 g/mol. The Morgan fingerprint density at radius 3 is 2.58 bits per heavy atom. The molecule has 10 heteroatoms. The number of aromatic nitrogens is 1. The number of benzene rings is 2. The largest absolute Gasteiger partial charge is 0.486 e. The Morgan fingerprint density at radius 1 is 1.05 bits per heavy atom. The van der Waals surface area contributed by atoms with Gasteiger partial charge in [0.05, 0.1) is 5.52 Å². The third-order valence-corrected chi connectivity index (χ3v) is 7.10. The normalized spacial score (nSPS) is 15.6. The molecule has 2 aliphatic heterocycles. The number of piperidine rings is 1. The summed E-state index contributed by atoms with van der Waals surface area (Å²) < 4.78 is 13.1. The Balaban J connectivity index is 0.00000336. The maximum atomic E-state index is 12.7. The Hall–Kier alpha value is -3.27. The zero-order valence-electron chi connectivity index (χ0n) is 21.9. The van der Waals surface area contributed by atoms with Crippen LogP contribution in [0.2, 0.25) is 0 Å². The summed E-state index contributed by atoms with van der Waals surface area (Å²) in [5.74, 6) is 2.00. The summed E-state index contributed by atoms with van der Waals surface area (Å²) in [6.45, 7) is 6.80. The Labute approximate surface area is 228 Å². The molecule has 0 unspecified atom stereocenters. The van der Waals surface area contributed by atoms with Gasteiger partial charge < -0.3 is 29.1 Å². The minimum atomic E-state index is -0.200. The highest BCUT2D eigenvalue weighted by Crippen LogP contribution is 2.31. The number of pyridine rings is 1. The summed E-state index contributed by atoms with van der Waals surface area (Å²) in [6.07, 6.45) is 2.12. The zero-order chi connectivity index (χ0) is 25.8. The topological polar surface area (TPSA) is 85.3 Å². The van der Waals surface area contributed by atoms with E-state index in [1.165, 1.54) is 17.6 Å². The van der Waals surface area contributed by atoms with Crippen LogP contribution in [-0.4, -0.2) is 66.4 Å². The van der Waals surface area contributed by atoms with Crippen molar-refractivity contribution in [2.24, 2.45) is 0 Å². The molecule has 1 amide bonds. The molecule has 1 N–H and O–H groups in total. The van der Waals surface area contributed by atoms with Crippen LogP contribution in [0.5, 0.6) is 17.2 Å². The molecule has 2 aromatic carbocycles. The predicted molar refractivity (Wildman–Crippen MR) is 148 cm³/mol. The first-order valence-electron chi connectivity index (χ1n) is 12.9. The van der Waals surface area contributed by atoms with E-state index in [2.05, 4.69) is 22.3 Å². The van der Waals surface area contributed by atoms with Crippen molar-refractivity contribution in [1.29, 1.82) is 0 Å². The molecule has 3 aromatic rings. The van der Waals surface area contributed by atoms with Crippen molar-refractivity contribution in [3.8, 4) is 17.2 Å². The monoisotopic (exact) mass is 542 g/mol. The minimum absolute atomic E-state index is 0. The van der Waals surface area contributed by atoms with Gasteiger partial charge in [0.25, 0.3) is 11.5 Å². The number of carbonyl (C=O) groups is 1. The van der Waals surface area contributed by atoms with Crippen molar-refractivity contribution in [3.05, 3.63) is 64.4 Å². The molecule has 0 spiro atoms. The third kappa shape index (κ3) is 6.40. The van der Waals surface area contributed by atoms with Crippen molar-refractivity contribution in [2.45, 2.75) is 38.9 Å². The Bertz CT molecular complexity index is 1320. The number of nitrogens with one attached hydrogen (secondary N) is 1. The number of hydrogen-bond donors (Lipinski definition) is 1. The van der Waals surface area contributed by atoms with Crippen LogP contribution < -0.4 is 25.2 Å². The number of hydrogen-bond acceptors (Lipinski definition) is 7. The van der Waals surface area contributed by atoms with E-state index in [1.807, 2.05) is 18.2 Å². The lowest BCUT2D eigenvalue weighted by molar-refractivity contribution is -0.149. The van der Waals surface area contributed by atoms with Crippen LogP contribution in [0.4, 0.5) is 0 Å². The maximum absolute atomic E-state index is 12.7. The molecule has 38 heavy (non-hydrogen) atoms. The van der Waals surface area contributed by atoms with Crippen LogP contribution >= 0.6 is 12.4 Å². The van der Waals surface area contributed by atoms with E-state index in [0.29, 0.717) is 31.5 Å². The molecule has 9 nitrogen and oxygen atoms in total. The van der Waals surface area contributed by atoms with Gasteiger partial charge in [-0.05, 0) is 61.8 Å². The van der Waals surface area contributed by atoms with Gasteiger partial charge in [-0.1, -0.05) is 12.1 Å². The molecule has 204 valence electrons. The van der Waals surface area contributed by atoms with Gasteiger partial charge in [-0.2, -0.15) is 5.06 Å². The van der Waals surface area contributed by atoms with Crippen LogP contribution in [-0.2, 0) is 17.9 Å². The van der Waals surface area contributed by atoms with Gasteiger partial charge in [0, 0.05) is 51.1 Å². The molecule has 2 aliphatic rings. The highest BCUT2D eigenvalue weighted by Gasteiger charge is 2.20. The van der Waals surface area contributed by atoms with Crippen molar-refractivity contribution in [2.75, 3.05) is 39.9 Å². The summed E-state index contributed by atoms with van der Waals surface area (Å²) in [5.41, 5.74) is 1.96. The molecule has 0 saturated carbocycles. The number of carbonyl (C=O) groups excluding carboxylic acids is 1. The molecule has 5 rings (SSSR count). The average Bonchev–Trinajstić information content (AvgIpc) is 2.92. The Morgan fingerprint density at radius 2 is 1.82 bits per heavy atom. The predicted octanol–water partition coefficient (Wildman–Crippen LogP) is 3.22. The van der Waals surface area contributed by atoms with Gasteiger partial charge in [-0.3, -0.25) is 9.59 Å². The molecule has 0 bridgehead atoms. The second-order valence-corrected chi connectivity index (χ2v) is 9.59. The summed E-state index contributed by atoms with van der Waals surface area (Å²) in [4.78, 5) is 32.4. The summed E-state index contributed by atoms with van der Waals surface area (Å²) >= 11 is 0. The molecule has 1 fully saturated rings. The van der Waals surface area contributed by atoms with E-state index in [4.69, 9.17) is 14.3 Å². The summed E-state index contributed by atoms with van der Waals surface area (Å²) in [6, 6.07) is 15.5. The molecule has 0 radical (unpaired) electrons. The van der Waals surface area contributed by atoms with E-state index in [-0.39, 0.29) is 23.9 Å². The number of nitrogens with zero attached hydrogens (tertiary/aromatic N) is 3. The van der Waals surface area contributed by atoms with Crippen LogP contribution in [0.25, 0.3) is 10.9 Å². The van der Waals surface area contributed by atoms with Gasteiger partial charge in [-0.25, -0.2) is 0 Å². The smallest absolute Gasteiger partial charge is 0.251 e. The van der Waals surface area contributed by atoms with Gasteiger partial charge >= 0.3 is 0 Å². The van der Waals surface area contributed by atoms with E-state index >= 15 is 0 Å². The minimum Gasteiger partial charge on any atom is -0.486 e. The Kier molecular flexibility index (Phi) is 9.14. The number of amides is 1. The molecule has 1 aromatic heterocycles. The first kappa shape index (κ1) is 27.8. The summed E-state index contributed by atoms with van der Waals surface area (Å²) in [5, 5.41) is 5.68. The fourth-order valence-electron chi connectivity index (χ4n) is 4.88. The maximum Gasteiger partial charge on any atom is 0.251 e. The highest BCUT2D eigenvalue weighted by atomic mass is 35.5. The third-order valence-electron chi connectivity index (χ3n) is 7.10. The van der Waals surface area contributed by atoms with Crippen LogP contribution in [0.3, 0.4) is 0 Å². The number of fused-ring (bicyclic) bond motifs is 2. The van der Waals surface area contributed by atoms with Crippen LogP contribution in [0.15, 0.2) is 53.3 Å². The first-order valence-corrected chi connectivity index (χ1v) is 12.9. The molecular formula is C28H35ClN4O5. The number of rotatable bonds is 8. The van der Waals surface area contributed by atoms with Crippen molar-refractivity contribution >= 4 is 29.2 Å². The molecule has 0 aliphatic carbocycles. The molecule has 1 saturated heterocycles. The van der Waals surface area contributed by atoms with E-state index < -0.39 is 0 Å². The lowest BCUT2D eigenvalue weighted by Gasteiger charge is -2.32. The second kappa shape index (κ2) is 12.5. The van der Waals surface area contributed by atoms with Crippen molar-refractivity contribution in [3.63, 3.8) is 0 Å². The quantitative estimate of drug-likeness (QED) is 0.437. The number of halogens is 1. The lowest BCUT2D eigenvalue weighted by atomic mass is 10.0. The lowest BCUT2D eigenvalue weighted by Crippen LogP contribution is -2.43.